The molecule has 276 valence electrons. The van der Waals surface area contributed by atoms with E-state index < -0.39 is 0 Å². The molecule has 4 nitrogen and oxygen atoms in total. The van der Waals surface area contributed by atoms with E-state index in [1.165, 1.54) is 16.3 Å². The molecule has 0 amide bonds. The standard InChI is InChI=1S/C55H35N3O/c1-3-12-36(13-4-1)37-24-26-39(27-25-37)54-56-53(38-14-5-2-6-15-38)57-55(58-54)48-23-11-22-44(32-48)42-20-9-18-40(30-42)41-19-10-21-43(31-41)47-28-29-49-50-33-45-16-7-8-17-46(45)34-52(50)59-51(49)35-47/h1-35H. The van der Waals surface area contributed by atoms with Gasteiger partial charge in [0.25, 0.3) is 0 Å². The minimum Gasteiger partial charge on any atom is -0.456 e. The van der Waals surface area contributed by atoms with Gasteiger partial charge in [0.2, 0.25) is 0 Å². The van der Waals surface area contributed by atoms with Crippen LogP contribution in [-0.4, -0.2) is 15.0 Å². The maximum absolute atomic E-state index is 6.41. The van der Waals surface area contributed by atoms with Crippen molar-refractivity contribution < 1.29 is 4.42 Å². The zero-order chi connectivity index (χ0) is 39.1. The highest BCUT2D eigenvalue weighted by atomic mass is 16.3. The largest absolute Gasteiger partial charge is 0.456 e. The fourth-order valence-corrected chi connectivity index (χ4v) is 8.03. The van der Waals surface area contributed by atoms with E-state index in [0.29, 0.717) is 17.5 Å². The minimum absolute atomic E-state index is 0.626. The fourth-order valence-electron chi connectivity index (χ4n) is 8.03. The SMILES string of the molecule is c1ccc(-c2ccc(-c3nc(-c4ccccc4)nc(-c4cccc(-c5cccc(-c6cccc(-c7ccc8c(c7)oc7cc9ccccc9cc78)c6)c5)c4)n3)cc2)cc1. The van der Waals surface area contributed by atoms with Crippen molar-refractivity contribution >= 4 is 32.7 Å². The molecule has 2 heterocycles. The molecule has 9 aromatic carbocycles. The first-order valence-electron chi connectivity index (χ1n) is 19.8. The highest BCUT2D eigenvalue weighted by molar-refractivity contribution is 6.10. The van der Waals surface area contributed by atoms with Crippen molar-refractivity contribution in [1.82, 2.24) is 15.0 Å². The molecule has 0 aliphatic rings. The average molecular weight is 754 g/mol. The van der Waals surface area contributed by atoms with E-state index in [9.17, 15) is 0 Å². The number of fused-ring (bicyclic) bond motifs is 4. The zero-order valence-corrected chi connectivity index (χ0v) is 32.0. The second-order valence-corrected chi connectivity index (χ2v) is 14.9. The molecule has 0 aliphatic heterocycles. The van der Waals surface area contributed by atoms with Crippen LogP contribution in [0.2, 0.25) is 0 Å². The van der Waals surface area contributed by atoms with E-state index in [-0.39, 0.29) is 0 Å². The highest BCUT2D eigenvalue weighted by Crippen LogP contribution is 2.37. The summed E-state index contributed by atoms with van der Waals surface area (Å²) in [5.41, 5.74) is 13.6. The topological polar surface area (TPSA) is 51.8 Å². The first-order chi connectivity index (χ1) is 29.2. The Bertz CT molecular complexity index is 3320. The minimum atomic E-state index is 0.626. The summed E-state index contributed by atoms with van der Waals surface area (Å²) < 4.78 is 6.41. The van der Waals surface area contributed by atoms with E-state index in [1.54, 1.807) is 0 Å². The third kappa shape index (κ3) is 6.63. The summed E-state index contributed by atoms with van der Waals surface area (Å²) in [6.45, 7) is 0. The van der Waals surface area contributed by atoms with E-state index in [1.807, 2.05) is 36.4 Å². The van der Waals surface area contributed by atoms with Gasteiger partial charge in [0, 0.05) is 27.5 Å². The van der Waals surface area contributed by atoms with Gasteiger partial charge < -0.3 is 4.42 Å². The zero-order valence-electron chi connectivity index (χ0n) is 32.0. The molecule has 0 radical (unpaired) electrons. The van der Waals surface area contributed by atoms with Crippen molar-refractivity contribution in [2.75, 3.05) is 0 Å². The molecule has 59 heavy (non-hydrogen) atoms. The predicted molar refractivity (Wildman–Crippen MR) is 243 cm³/mol. The Morgan fingerprint density at radius 1 is 0.237 bits per heavy atom. The van der Waals surface area contributed by atoms with E-state index in [0.717, 1.165) is 77.6 Å². The lowest BCUT2D eigenvalue weighted by Crippen LogP contribution is -2.00. The second-order valence-electron chi connectivity index (χ2n) is 14.9. The summed E-state index contributed by atoms with van der Waals surface area (Å²) >= 11 is 0. The summed E-state index contributed by atoms with van der Waals surface area (Å²) in [5.74, 6) is 1.90. The monoisotopic (exact) mass is 753 g/mol. The van der Waals surface area contributed by atoms with Crippen LogP contribution in [0.3, 0.4) is 0 Å². The molecule has 0 N–H and O–H groups in total. The van der Waals surface area contributed by atoms with Gasteiger partial charge in [-0.3, -0.25) is 0 Å². The van der Waals surface area contributed by atoms with Crippen LogP contribution in [0.1, 0.15) is 0 Å². The maximum Gasteiger partial charge on any atom is 0.164 e. The lowest BCUT2D eigenvalue weighted by Gasteiger charge is -2.11. The third-order valence-electron chi connectivity index (χ3n) is 11.1. The molecule has 11 rings (SSSR count). The molecular weight excluding hydrogens is 719 g/mol. The Kier molecular flexibility index (Phi) is 8.45. The van der Waals surface area contributed by atoms with Gasteiger partial charge in [0.1, 0.15) is 11.2 Å². The van der Waals surface area contributed by atoms with Crippen LogP contribution >= 0.6 is 0 Å². The predicted octanol–water partition coefficient (Wildman–Crippen LogP) is 14.6. The third-order valence-corrected chi connectivity index (χ3v) is 11.1. The number of furan rings is 1. The van der Waals surface area contributed by atoms with Gasteiger partial charge in [-0.25, -0.2) is 15.0 Å². The molecule has 0 unspecified atom stereocenters. The first-order valence-corrected chi connectivity index (χ1v) is 19.8. The van der Waals surface area contributed by atoms with Crippen LogP contribution in [0.5, 0.6) is 0 Å². The number of benzene rings is 9. The molecule has 2 aromatic heterocycles. The lowest BCUT2D eigenvalue weighted by molar-refractivity contribution is 0.669. The van der Waals surface area contributed by atoms with Crippen molar-refractivity contribution in [3.63, 3.8) is 0 Å². The fraction of sp³-hybridized carbons (Fsp3) is 0. The molecule has 11 aromatic rings. The Balaban J connectivity index is 0.922. The highest BCUT2D eigenvalue weighted by Gasteiger charge is 2.15. The molecule has 0 spiro atoms. The van der Waals surface area contributed by atoms with E-state index in [2.05, 4.69) is 176 Å². The van der Waals surface area contributed by atoms with Crippen LogP contribution in [-0.2, 0) is 0 Å². The van der Waals surface area contributed by atoms with Gasteiger partial charge in [0.05, 0.1) is 0 Å². The summed E-state index contributed by atoms with van der Waals surface area (Å²) in [6, 6.07) is 74.2. The Labute approximate surface area is 341 Å². The lowest BCUT2D eigenvalue weighted by atomic mass is 9.95. The smallest absolute Gasteiger partial charge is 0.164 e. The van der Waals surface area contributed by atoms with Gasteiger partial charge in [-0.1, -0.05) is 170 Å². The number of hydrogen-bond acceptors (Lipinski definition) is 4. The van der Waals surface area contributed by atoms with E-state index >= 15 is 0 Å². The number of aromatic nitrogens is 3. The number of rotatable bonds is 7. The molecular formula is C55H35N3O. The van der Waals surface area contributed by atoms with Crippen molar-refractivity contribution in [2.24, 2.45) is 0 Å². The maximum atomic E-state index is 6.41. The second kappa shape index (κ2) is 14.5. The number of nitrogens with zero attached hydrogens (tertiary/aromatic N) is 3. The summed E-state index contributed by atoms with van der Waals surface area (Å²) in [5, 5.41) is 4.66. The van der Waals surface area contributed by atoms with Crippen molar-refractivity contribution in [2.45, 2.75) is 0 Å². The summed E-state index contributed by atoms with van der Waals surface area (Å²) in [6.07, 6.45) is 0. The van der Waals surface area contributed by atoms with Gasteiger partial charge in [-0.15, -0.1) is 0 Å². The molecule has 0 saturated carbocycles. The van der Waals surface area contributed by atoms with Crippen molar-refractivity contribution in [1.29, 1.82) is 0 Å². The van der Waals surface area contributed by atoms with Crippen LogP contribution in [0, 0.1) is 0 Å². The molecule has 0 fully saturated rings. The first kappa shape index (κ1) is 34.3. The molecule has 4 heteroatoms. The number of hydrogen-bond donors (Lipinski definition) is 0. The van der Waals surface area contributed by atoms with Crippen molar-refractivity contribution in [3.05, 3.63) is 212 Å². The van der Waals surface area contributed by atoms with Crippen LogP contribution in [0.4, 0.5) is 0 Å². The van der Waals surface area contributed by atoms with Crippen LogP contribution in [0.25, 0.3) is 111 Å². The Morgan fingerprint density at radius 2 is 0.610 bits per heavy atom. The van der Waals surface area contributed by atoms with Crippen LogP contribution in [0.15, 0.2) is 217 Å². The Morgan fingerprint density at radius 3 is 1.20 bits per heavy atom. The normalized spacial score (nSPS) is 11.4. The van der Waals surface area contributed by atoms with Crippen LogP contribution < -0.4 is 0 Å². The molecule has 0 bridgehead atoms. The van der Waals surface area contributed by atoms with Gasteiger partial charge in [-0.05, 0) is 97.7 Å². The van der Waals surface area contributed by atoms with Gasteiger partial charge >= 0.3 is 0 Å². The summed E-state index contributed by atoms with van der Waals surface area (Å²) in [7, 11) is 0. The molecule has 0 atom stereocenters. The Hall–Kier alpha value is -7.95. The summed E-state index contributed by atoms with van der Waals surface area (Å²) in [4.78, 5) is 15.0. The van der Waals surface area contributed by atoms with Crippen molar-refractivity contribution in [3.8, 4) is 78.7 Å². The molecule has 0 aliphatic carbocycles. The van der Waals surface area contributed by atoms with Gasteiger partial charge in [0.15, 0.2) is 17.5 Å². The van der Waals surface area contributed by atoms with E-state index in [4.69, 9.17) is 19.4 Å². The quantitative estimate of drug-likeness (QED) is 0.163. The van der Waals surface area contributed by atoms with Gasteiger partial charge in [-0.2, -0.15) is 0 Å². The molecule has 0 saturated heterocycles. The average Bonchev–Trinajstić information content (AvgIpc) is 3.68.